The third-order valence-corrected chi connectivity index (χ3v) is 4.24. The van der Waals surface area contributed by atoms with Crippen molar-refractivity contribution in [1.29, 1.82) is 0 Å². The van der Waals surface area contributed by atoms with Crippen molar-refractivity contribution >= 4 is 9.84 Å². The van der Waals surface area contributed by atoms with Crippen molar-refractivity contribution in [3.8, 4) is 5.75 Å². The van der Waals surface area contributed by atoms with Crippen LogP contribution in [0.3, 0.4) is 0 Å². The summed E-state index contributed by atoms with van der Waals surface area (Å²) in [5.74, 6) is 0.985. The Kier molecular flexibility index (Phi) is 4.67. The van der Waals surface area contributed by atoms with Crippen LogP contribution in [0.25, 0.3) is 0 Å². The maximum Gasteiger partial charge on any atom is 0.160 e. The maximum atomic E-state index is 12.3. The van der Waals surface area contributed by atoms with E-state index in [9.17, 15) is 8.42 Å². The topological polar surface area (TPSA) is 69.4 Å². The fourth-order valence-electron chi connectivity index (χ4n) is 1.99. The first-order valence-electron chi connectivity index (χ1n) is 6.73. The minimum Gasteiger partial charge on any atom is -0.491 e. The zero-order valence-electron chi connectivity index (χ0n) is 12.4. The molecule has 0 radical (unpaired) electrons. The van der Waals surface area contributed by atoms with Crippen LogP contribution in [0, 0.1) is 6.92 Å². The van der Waals surface area contributed by atoms with E-state index in [4.69, 9.17) is 9.26 Å². The molecule has 0 aliphatic heterocycles. The normalized spacial score (nSPS) is 11.8. The number of hydrogen-bond acceptors (Lipinski definition) is 5. The third-order valence-electron chi connectivity index (χ3n) is 2.76. The predicted molar refractivity (Wildman–Crippen MR) is 79.8 cm³/mol. The maximum absolute atomic E-state index is 12.3. The van der Waals surface area contributed by atoms with Crippen molar-refractivity contribution in [2.45, 2.75) is 38.4 Å². The molecule has 0 N–H and O–H groups in total. The van der Waals surface area contributed by atoms with Crippen molar-refractivity contribution < 1.29 is 17.7 Å². The van der Waals surface area contributed by atoms with Crippen LogP contribution in [-0.4, -0.2) is 19.7 Å². The van der Waals surface area contributed by atoms with E-state index in [0.717, 1.165) is 0 Å². The van der Waals surface area contributed by atoms with Gasteiger partial charge >= 0.3 is 0 Å². The van der Waals surface area contributed by atoms with Crippen molar-refractivity contribution in [3.63, 3.8) is 0 Å². The number of aromatic nitrogens is 1. The van der Waals surface area contributed by atoms with Gasteiger partial charge in [0.2, 0.25) is 0 Å². The lowest BCUT2D eigenvalue weighted by Crippen LogP contribution is -2.11. The van der Waals surface area contributed by atoms with E-state index in [1.807, 2.05) is 19.9 Å². The Hall–Kier alpha value is -1.82. The van der Waals surface area contributed by atoms with Crippen molar-refractivity contribution in [2.24, 2.45) is 0 Å². The quantitative estimate of drug-likeness (QED) is 0.820. The Bertz CT molecular complexity index is 704. The van der Waals surface area contributed by atoms with Crippen LogP contribution in [0.1, 0.15) is 30.9 Å². The highest BCUT2D eigenvalue weighted by atomic mass is 32.2. The van der Waals surface area contributed by atoms with Gasteiger partial charge in [-0.05, 0) is 26.8 Å². The van der Waals surface area contributed by atoms with E-state index in [2.05, 4.69) is 5.16 Å². The molecule has 0 aliphatic rings. The van der Waals surface area contributed by atoms with E-state index >= 15 is 0 Å². The van der Waals surface area contributed by atoms with Crippen molar-refractivity contribution in [3.05, 3.63) is 47.3 Å². The van der Waals surface area contributed by atoms with Gasteiger partial charge in [-0.2, -0.15) is 0 Å². The van der Waals surface area contributed by atoms with Crippen LogP contribution < -0.4 is 4.74 Å². The molecule has 21 heavy (non-hydrogen) atoms. The molecule has 0 atom stereocenters. The van der Waals surface area contributed by atoms with Gasteiger partial charge in [0, 0.05) is 11.6 Å². The molecular weight excluding hydrogens is 290 g/mol. The van der Waals surface area contributed by atoms with E-state index < -0.39 is 9.84 Å². The average molecular weight is 309 g/mol. The average Bonchev–Trinajstić information content (AvgIpc) is 2.75. The summed E-state index contributed by atoms with van der Waals surface area (Å²) in [5, 5.41) is 3.73. The van der Waals surface area contributed by atoms with Gasteiger partial charge in [-0.1, -0.05) is 23.4 Å². The van der Waals surface area contributed by atoms with Crippen LogP contribution in [0.15, 0.2) is 34.9 Å². The van der Waals surface area contributed by atoms with Crippen LogP contribution in [0.2, 0.25) is 0 Å². The number of benzene rings is 1. The molecule has 1 aromatic carbocycles. The minimum absolute atomic E-state index is 0.00737. The van der Waals surface area contributed by atoms with Gasteiger partial charge in [0.05, 0.1) is 23.3 Å². The molecule has 2 rings (SSSR count). The molecule has 0 fully saturated rings. The Morgan fingerprint density at radius 1 is 1.24 bits per heavy atom. The molecule has 0 spiro atoms. The second kappa shape index (κ2) is 6.30. The first kappa shape index (κ1) is 15.6. The molecule has 6 heteroatoms. The van der Waals surface area contributed by atoms with Crippen LogP contribution in [0.5, 0.6) is 5.75 Å². The summed E-state index contributed by atoms with van der Waals surface area (Å²) in [6.45, 7) is 5.54. The van der Waals surface area contributed by atoms with E-state index in [-0.39, 0.29) is 17.6 Å². The second-order valence-electron chi connectivity index (χ2n) is 5.24. The van der Waals surface area contributed by atoms with Gasteiger partial charge in [-0.25, -0.2) is 8.42 Å². The molecule has 114 valence electrons. The summed E-state index contributed by atoms with van der Waals surface area (Å²) in [6.07, 6.45) is -0.00737. The molecule has 0 unspecified atom stereocenters. The number of sulfone groups is 1. The Labute approximate surface area is 124 Å². The molecule has 1 heterocycles. The third kappa shape index (κ3) is 4.60. The van der Waals surface area contributed by atoms with Crippen LogP contribution in [0.4, 0.5) is 0 Å². The van der Waals surface area contributed by atoms with Gasteiger partial charge in [0.15, 0.2) is 9.84 Å². The highest BCUT2D eigenvalue weighted by Gasteiger charge is 2.18. The summed E-state index contributed by atoms with van der Waals surface area (Å²) < 4.78 is 35.1. The lowest BCUT2D eigenvalue weighted by molar-refractivity contribution is 0.240. The van der Waals surface area contributed by atoms with Gasteiger partial charge in [0.25, 0.3) is 0 Å². The number of aryl methyl sites for hydroxylation is 1. The lowest BCUT2D eigenvalue weighted by Gasteiger charge is -2.14. The van der Waals surface area contributed by atoms with Crippen LogP contribution >= 0.6 is 0 Å². The van der Waals surface area contributed by atoms with Crippen LogP contribution in [-0.2, 0) is 21.3 Å². The number of para-hydroxylation sites is 1. The lowest BCUT2D eigenvalue weighted by atomic mass is 10.2. The SMILES string of the molecule is Cc1cc(CS(=O)(=O)Cc2ccccc2OC(C)C)no1. The fourth-order valence-corrected chi connectivity index (χ4v) is 3.39. The molecule has 2 aromatic rings. The molecule has 0 amide bonds. The second-order valence-corrected chi connectivity index (χ2v) is 7.30. The Morgan fingerprint density at radius 3 is 2.57 bits per heavy atom. The summed E-state index contributed by atoms with van der Waals surface area (Å²) in [7, 11) is -3.34. The largest absolute Gasteiger partial charge is 0.491 e. The molecule has 5 nitrogen and oxygen atoms in total. The molecular formula is C15H19NO4S. The van der Waals surface area contributed by atoms with E-state index in [1.165, 1.54) is 0 Å². The molecule has 0 saturated carbocycles. The number of rotatable bonds is 6. The van der Waals surface area contributed by atoms with E-state index in [1.54, 1.807) is 31.2 Å². The van der Waals surface area contributed by atoms with Crippen molar-refractivity contribution in [2.75, 3.05) is 0 Å². The van der Waals surface area contributed by atoms with Gasteiger partial charge in [-0.15, -0.1) is 0 Å². The zero-order chi connectivity index (χ0) is 15.5. The number of ether oxygens (including phenoxy) is 1. The fraction of sp³-hybridized carbons (Fsp3) is 0.400. The smallest absolute Gasteiger partial charge is 0.160 e. The molecule has 1 aromatic heterocycles. The zero-order valence-corrected chi connectivity index (χ0v) is 13.2. The highest BCUT2D eigenvalue weighted by molar-refractivity contribution is 7.89. The molecule has 0 bridgehead atoms. The van der Waals surface area contributed by atoms with Gasteiger partial charge in [0.1, 0.15) is 11.5 Å². The standard InChI is InChI=1S/C15H19NO4S/c1-11(2)19-15-7-5-4-6-13(15)9-21(17,18)10-14-8-12(3)20-16-14/h4-8,11H,9-10H2,1-3H3. The minimum atomic E-state index is -3.34. The van der Waals surface area contributed by atoms with Crippen molar-refractivity contribution in [1.82, 2.24) is 5.16 Å². The number of hydrogen-bond donors (Lipinski definition) is 0. The summed E-state index contributed by atoms with van der Waals surface area (Å²) in [4.78, 5) is 0. The Balaban J connectivity index is 2.16. The predicted octanol–water partition coefficient (Wildman–Crippen LogP) is 2.89. The van der Waals surface area contributed by atoms with Gasteiger partial charge in [-0.3, -0.25) is 0 Å². The first-order valence-corrected chi connectivity index (χ1v) is 8.55. The summed E-state index contributed by atoms with van der Waals surface area (Å²) >= 11 is 0. The monoisotopic (exact) mass is 309 g/mol. The van der Waals surface area contributed by atoms with Gasteiger partial charge < -0.3 is 9.26 Å². The molecule has 0 aliphatic carbocycles. The first-order chi connectivity index (χ1) is 9.85. The highest BCUT2D eigenvalue weighted by Crippen LogP contribution is 2.23. The molecule has 0 saturated heterocycles. The summed E-state index contributed by atoms with van der Waals surface area (Å²) in [5.41, 5.74) is 1.08. The van der Waals surface area contributed by atoms with E-state index in [0.29, 0.717) is 22.8 Å². The Morgan fingerprint density at radius 2 is 1.95 bits per heavy atom. The number of nitrogens with zero attached hydrogens (tertiary/aromatic N) is 1. The summed E-state index contributed by atoms with van der Waals surface area (Å²) in [6, 6.07) is 8.82.